The SMILES string of the molecule is CCNCc1ccc(-c2ccc3c(c2)CCC3)s1. The molecule has 0 spiro atoms. The van der Waals surface area contributed by atoms with E-state index in [0.717, 1.165) is 13.1 Å². The monoisotopic (exact) mass is 257 g/mol. The summed E-state index contributed by atoms with van der Waals surface area (Å²) in [7, 11) is 0. The van der Waals surface area contributed by atoms with Crippen LogP contribution in [0.2, 0.25) is 0 Å². The van der Waals surface area contributed by atoms with Gasteiger partial charge in [-0.25, -0.2) is 0 Å². The smallest absolute Gasteiger partial charge is 0.0346 e. The van der Waals surface area contributed by atoms with Crippen LogP contribution in [0, 0.1) is 0 Å². The Bertz CT molecular complexity index is 542. The molecule has 3 rings (SSSR count). The highest BCUT2D eigenvalue weighted by atomic mass is 32.1. The lowest BCUT2D eigenvalue weighted by Crippen LogP contribution is -2.10. The minimum absolute atomic E-state index is 0.992. The van der Waals surface area contributed by atoms with Gasteiger partial charge in [-0.1, -0.05) is 25.1 Å². The average molecular weight is 257 g/mol. The fraction of sp³-hybridized carbons (Fsp3) is 0.375. The van der Waals surface area contributed by atoms with Crippen LogP contribution in [0.25, 0.3) is 10.4 Å². The molecule has 2 aromatic rings. The summed E-state index contributed by atoms with van der Waals surface area (Å²) in [5, 5.41) is 3.38. The van der Waals surface area contributed by atoms with Gasteiger partial charge in [-0.05, 0) is 54.6 Å². The molecule has 1 aliphatic carbocycles. The summed E-state index contributed by atoms with van der Waals surface area (Å²) in [5.74, 6) is 0. The fourth-order valence-corrected chi connectivity index (χ4v) is 3.58. The van der Waals surface area contributed by atoms with Crippen molar-refractivity contribution in [2.45, 2.75) is 32.7 Å². The lowest BCUT2D eigenvalue weighted by atomic mass is 10.1. The Morgan fingerprint density at radius 2 is 2.00 bits per heavy atom. The maximum Gasteiger partial charge on any atom is 0.0346 e. The Morgan fingerprint density at radius 3 is 2.89 bits per heavy atom. The van der Waals surface area contributed by atoms with Crippen LogP contribution in [0.1, 0.15) is 29.3 Å². The molecule has 0 aliphatic heterocycles. The predicted octanol–water partition coefficient (Wildman–Crippen LogP) is 4.01. The van der Waals surface area contributed by atoms with Gasteiger partial charge >= 0.3 is 0 Å². The zero-order valence-electron chi connectivity index (χ0n) is 10.8. The Kier molecular flexibility index (Phi) is 3.48. The molecule has 1 nitrogen and oxygen atoms in total. The van der Waals surface area contributed by atoms with Crippen LogP contribution in [0.3, 0.4) is 0 Å². The molecular weight excluding hydrogens is 238 g/mol. The van der Waals surface area contributed by atoms with Gasteiger partial charge in [0.05, 0.1) is 0 Å². The number of hydrogen-bond acceptors (Lipinski definition) is 2. The topological polar surface area (TPSA) is 12.0 Å². The van der Waals surface area contributed by atoms with Crippen molar-refractivity contribution in [3.05, 3.63) is 46.3 Å². The minimum atomic E-state index is 0.992. The molecule has 0 bridgehead atoms. The molecule has 18 heavy (non-hydrogen) atoms. The number of thiophene rings is 1. The Labute approximate surface area is 113 Å². The number of fused-ring (bicyclic) bond motifs is 1. The molecule has 94 valence electrons. The van der Waals surface area contributed by atoms with E-state index in [1.54, 1.807) is 11.1 Å². The Hall–Kier alpha value is -1.12. The zero-order chi connectivity index (χ0) is 12.4. The van der Waals surface area contributed by atoms with E-state index in [4.69, 9.17) is 0 Å². The van der Waals surface area contributed by atoms with E-state index in [-0.39, 0.29) is 0 Å². The first kappa shape index (κ1) is 11.9. The molecule has 0 saturated carbocycles. The predicted molar refractivity (Wildman–Crippen MR) is 79.2 cm³/mol. The second-order valence-electron chi connectivity index (χ2n) is 4.88. The number of benzene rings is 1. The van der Waals surface area contributed by atoms with Crippen molar-refractivity contribution in [1.29, 1.82) is 0 Å². The van der Waals surface area contributed by atoms with Gasteiger partial charge in [0, 0.05) is 16.3 Å². The van der Waals surface area contributed by atoms with Crippen molar-refractivity contribution < 1.29 is 0 Å². The lowest BCUT2D eigenvalue weighted by Gasteiger charge is -2.02. The quantitative estimate of drug-likeness (QED) is 0.872. The third-order valence-electron chi connectivity index (χ3n) is 3.59. The molecule has 0 amide bonds. The number of nitrogens with one attached hydrogen (secondary N) is 1. The highest BCUT2D eigenvalue weighted by molar-refractivity contribution is 7.15. The summed E-state index contributed by atoms with van der Waals surface area (Å²) in [6, 6.07) is 11.5. The van der Waals surface area contributed by atoms with E-state index >= 15 is 0 Å². The third kappa shape index (κ3) is 2.36. The summed E-state index contributed by atoms with van der Waals surface area (Å²) in [5.41, 5.74) is 4.51. The highest BCUT2D eigenvalue weighted by Crippen LogP contribution is 2.32. The van der Waals surface area contributed by atoms with Crippen molar-refractivity contribution in [3.63, 3.8) is 0 Å². The molecule has 0 fully saturated rings. The summed E-state index contributed by atoms with van der Waals surface area (Å²) in [6.07, 6.45) is 3.86. The fourth-order valence-electron chi connectivity index (χ4n) is 2.60. The largest absolute Gasteiger partial charge is 0.312 e. The van der Waals surface area contributed by atoms with Gasteiger partial charge < -0.3 is 5.32 Å². The molecule has 1 N–H and O–H groups in total. The van der Waals surface area contributed by atoms with Crippen LogP contribution >= 0.6 is 11.3 Å². The summed E-state index contributed by atoms with van der Waals surface area (Å²) in [6.45, 7) is 4.17. The van der Waals surface area contributed by atoms with Crippen LogP contribution in [-0.2, 0) is 19.4 Å². The van der Waals surface area contributed by atoms with E-state index in [9.17, 15) is 0 Å². The maximum absolute atomic E-state index is 3.38. The Balaban J connectivity index is 1.83. The van der Waals surface area contributed by atoms with Crippen molar-refractivity contribution in [3.8, 4) is 10.4 Å². The molecule has 0 unspecified atom stereocenters. The van der Waals surface area contributed by atoms with Gasteiger partial charge in [-0.3, -0.25) is 0 Å². The van der Waals surface area contributed by atoms with Crippen molar-refractivity contribution in [1.82, 2.24) is 5.32 Å². The first-order valence-electron chi connectivity index (χ1n) is 6.78. The first-order chi connectivity index (χ1) is 8.86. The molecule has 1 aromatic heterocycles. The van der Waals surface area contributed by atoms with Gasteiger partial charge in [-0.15, -0.1) is 11.3 Å². The molecule has 0 atom stereocenters. The number of aryl methyl sites for hydroxylation is 2. The maximum atomic E-state index is 3.38. The second-order valence-corrected chi connectivity index (χ2v) is 6.05. The second kappa shape index (κ2) is 5.25. The molecule has 1 aromatic carbocycles. The van der Waals surface area contributed by atoms with E-state index in [1.807, 2.05) is 11.3 Å². The van der Waals surface area contributed by atoms with Crippen molar-refractivity contribution in [2.24, 2.45) is 0 Å². The molecule has 2 heteroatoms. The minimum Gasteiger partial charge on any atom is -0.312 e. The van der Waals surface area contributed by atoms with Gasteiger partial charge in [-0.2, -0.15) is 0 Å². The first-order valence-corrected chi connectivity index (χ1v) is 7.60. The number of rotatable bonds is 4. The standard InChI is InChI=1S/C16H19NS/c1-2-17-11-15-8-9-16(18-15)14-7-6-12-4-3-5-13(12)10-14/h6-10,17H,2-5,11H2,1H3. The third-order valence-corrected chi connectivity index (χ3v) is 4.73. The van der Waals surface area contributed by atoms with E-state index in [1.165, 1.54) is 34.6 Å². The van der Waals surface area contributed by atoms with Crippen LogP contribution in [0.15, 0.2) is 30.3 Å². The van der Waals surface area contributed by atoms with Gasteiger partial charge in [0.25, 0.3) is 0 Å². The van der Waals surface area contributed by atoms with E-state index in [0.29, 0.717) is 0 Å². The van der Waals surface area contributed by atoms with Gasteiger partial charge in [0.15, 0.2) is 0 Å². The molecule has 0 radical (unpaired) electrons. The lowest BCUT2D eigenvalue weighted by molar-refractivity contribution is 0.735. The van der Waals surface area contributed by atoms with Crippen LogP contribution < -0.4 is 5.32 Å². The summed E-state index contributed by atoms with van der Waals surface area (Å²) in [4.78, 5) is 2.82. The average Bonchev–Trinajstić information content (AvgIpc) is 3.04. The molecule has 1 aliphatic rings. The van der Waals surface area contributed by atoms with Crippen LogP contribution in [0.5, 0.6) is 0 Å². The Morgan fingerprint density at radius 1 is 1.11 bits per heavy atom. The molecule has 1 heterocycles. The van der Waals surface area contributed by atoms with Crippen LogP contribution in [0.4, 0.5) is 0 Å². The molecular formula is C16H19NS. The normalized spacial score (nSPS) is 13.8. The molecule has 0 saturated heterocycles. The van der Waals surface area contributed by atoms with Crippen LogP contribution in [-0.4, -0.2) is 6.54 Å². The van der Waals surface area contributed by atoms with Gasteiger partial charge in [0.1, 0.15) is 0 Å². The highest BCUT2D eigenvalue weighted by Gasteiger charge is 2.12. The summed E-state index contributed by atoms with van der Waals surface area (Å²) >= 11 is 1.91. The number of hydrogen-bond donors (Lipinski definition) is 1. The zero-order valence-corrected chi connectivity index (χ0v) is 11.6. The summed E-state index contributed by atoms with van der Waals surface area (Å²) < 4.78 is 0. The van der Waals surface area contributed by atoms with E-state index in [2.05, 4.69) is 42.6 Å². The van der Waals surface area contributed by atoms with Crippen molar-refractivity contribution >= 4 is 11.3 Å². The van der Waals surface area contributed by atoms with Crippen molar-refractivity contribution in [2.75, 3.05) is 6.54 Å². The van der Waals surface area contributed by atoms with E-state index < -0.39 is 0 Å². The van der Waals surface area contributed by atoms with Gasteiger partial charge in [0.2, 0.25) is 0 Å².